The summed E-state index contributed by atoms with van der Waals surface area (Å²) in [5, 5.41) is 2.94. The number of benzene rings is 3. The molecular formula is C26H26N2O4S. The van der Waals surface area contributed by atoms with Gasteiger partial charge in [-0.1, -0.05) is 60.7 Å². The van der Waals surface area contributed by atoms with Crippen LogP contribution in [0.2, 0.25) is 0 Å². The van der Waals surface area contributed by atoms with Crippen LogP contribution in [0, 0.1) is 0 Å². The van der Waals surface area contributed by atoms with E-state index in [1.807, 2.05) is 42.5 Å². The van der Waals surface area contributed by atoms with E-state index in [4.69, 9.17) is 4.74 Å². The third-order valence-corrected chi connectivity index (χ3v) is 7.34. The first kappa shape index (κ1) is 22.9. The largest absolute Gasteiger partial charge is 0.379 e. The molecule has 0 aliphatic carbocycles. The van der Waals surface area contributed by atoms with Gasteiger partial charge in [0.15, 0.2) is 0 Å². The van der Waals surface area contributed by atoms with E-state index in [0.717, 1.165) is 23.2 Å². The summed E-state index contributed by atoms with van der Waals surface area (Å²) in [7, 11) is -3.53. The summed E-state index contributed by atoms with van der Waals surface area (Å²) < 4.78 is 32.1. The lowest BCUT2D eigenvalue weighted by Crippen LogP contribution is -2.40. The molecule has 33 heavy (non-hydrogen) atoms. The summed E-state index contributed by atoms with van der Waals surface area (Å²) in [4.78, 5) is 12.7. The first-order valence-corrected chi connectivity index (χ1v) is 12.3. The fraction of sp³-hybridized carbons (Fsp3) is 0.192. The highest BCUT2D eigenvalue weighted by Crippen LogP contribution is 2.20. The quantitative estimate of drug-likeness (QED) is 0.540. The number of anilines is 1. The van der Waals surface area contributed by atoms with Crippen molar-refractivity contribution in [3.8, 4) is 0 Å². The molecule has 1 saturated heterocycles. The third kappa shape index (κ3) is 5.96. The van der Waals surface area contributed by atoms with Crippen LogP contribution in [0.4, 0.5) is 5.69 Å². The van der Waals surface area contributed by atoms with Crippen molar-refractivity contribution in [2.24, 2.45) is 0 Å². The van der Waals surface area contributed by atoms with Gasteiger partial charge >= 0.3 is 0 Å². The van der Waals surface area contributed by atoms with Gasteiger partial charge in [-0.2, -0.15) is 4.31 Å². The number of hydrogen-bond acceptors (Lipinski definition) is 4. The monoisotopic (exact) mass is 462 g/mol. The molecule has 3 aromatic carbocycles. The SMILES string of the molecule is O=C(C=Cc1ccc(S(=O)(=O)N2CCOCC2)cc1)Nc1ccccc1Cc1ccccc1. The van der Waals surface area contributed by atoms with Crippen LogP contribution in [0.3, 0.4) is 0 Å². The molecule has 0 spiro atoms. The van der Waals surface area contributed by atoms with E-state index in [-0.39, 0.29) is 10.8 Å². The van der Waals surface area contributed by atoms with Gasteiger partial charge in [0.2, 0.25) is 15.9 Å². The van der Waals surface area contributed by atoms with Crippen molar-refractivity contribution in [2.45, 2.75) is 11.3 Å². The molecule has 1 N–H and O–H groups in total. The fourth-order valence-electron chi connectivity index (χ4n) is 3.65. The second kappa shape index (κ2) is 10.6. The molecule has 0 unspecified atom stereocenters. The van der Waals surface area contributed by atoms with Crippen LogP contribution in [0.5, 0.6) is 0 Å². The molecule has 4 rings (SSSR count). The van der Waals surface area contributed by atoms with Gasteiger partial charge in [-0.25, -0.2) is 8.42 Å². The lowest BCUT2D eigenvalue weighted by Gasteiger charge is -2.26. The van der Waals surface area contributed by atoms with Crippen LogP contribution in [0.15, 0.2) is 89.8 Å². The molecule has 0 radical (unpaired) electrons. The first-order valence-electron chi connectivity index (χ1n) is 10.8. The zero-order chi connectivity index (χ0) is 23.1. The Kier molecular flexibility index (Phi) is 7.34. The Hall–Kier alpha value is -3.26. The minimum atomic E-state index is -3.53. The molecule has 0 aromatic heterocycles. The van der Waals surface area contributed by atoms with E-state index < -0.39 is 10.0 Å². The van der Waals surface area contributed by atoms with Crippen molar-refractivity contribution in [3.05, 3.63) is 102 Å². The Morgan fingerprint density at radius 3 is 2.30 bits per heavy atom. The average Bonchev–Trinajstić information content (AvgIpc) is 2.85. The number of morpholine rings is 1. The Morgan fingerprint density at radius 2 is 1.58 bits per heavy atom. The maximum Gasteiger partial charge on any atom is 0.248 e. The molecule has 6 nitrogen and oxygen atoms in total. The highest BCUT2D eigenvalue weighted by atomic mass is 32.2. The summed E-state index contributed by atoms with van der Waals surface area (Å²) in [6.45, 7) is 1.53. The minimum absolute atomic E-state index is 0.237. The number of carbonyl (C=O) groups is 1. The van der Waals surface area contributed by atoms with Crippen LogP contribution in [-0.4, -0.2) is 44.9 Å². The summed E-state index contributed by atoms with van der Waals surface area (Å²) in [6, 6.07) is 24.3. The molecule has 7 heteroatoms. The molecule has 0 saturated carbocycles. The highest BCUT2D eigenvalue weighted by molar-refractivity contribution is 7.89. The minimum Gasteiger partial charge on any atom is -0.379 e. The second-order valence-electron chi connectivity index (χ2n) is 7.73. The van der Waals surface area contributed by atoms with Crippen LogP contribution in [-0.2, 0) is 26.0 Å². The molecule has 1 aliphatic heterocycles. The summed E-state index contributed by atoms with van der Waals surface area (Å²) in [6.07, 6.45) is 3.84. The number of rotatable bonds is 7. The number of para-hydroxylation sites is 1. The zero-order valence-corrected chi connectivity index (χ0v) is 19.0. The molecule has 0 atom stereocenters. The molecule has 1 heterocycles. The van der Waals surface area contributed by atoms with Gasteiger partial charge in [-0.05, 0) is 47.4 Å². The summed E-state index contributed by atoms with van der Waals surface area (Å²) in [5.74, 6) is -0.250. The number of hydrogen-bond donors (Lipinski definition) is 1. The van der Waals surface area contributed by atoms with E-state index in [2.05, 4.69) is 17.4 Å². The molecule has 3 aromatic rings. The predicted molar refractivity (Wildman–Crippen MR) is 129 cm³/mol. The number of carbonyl (C=O) groups excluding carboxylic acids is 1. The van der Waals surface area contributed by atoms with Gasteiger partial charge < -0.3 is 10.1 Å². The molecular weight excluding hydrogens is 436 g/mol. The number of sulfonamides is 1. The third-order valence-electron chi connectivity index (χ3n) is 5.43. The van der Waals surface area contributed by atoms with Crippen molar-refractivity contribution >= 4 is 27.7 Å². The molecule has 1 amide bonds. The number of nitrogens with zero attached hydrogens (tertiary/aromatic N) is 1. The molecule has 0 bridgehead atoms. The maximum atomic E-state index is 12.7. The summed E-state index contributed by atoms with van der Waals surface area (Å²) >= 11 is 0. The Labute approximate surface area is 194 Å². The second-order valence-corrected chi connectivity index (χ2v) is 9.67. The number of nitrogens with one attached hydrogen (secondary N) is 1. The lowest BCUT2D eigenvalue weighted by atomic mass is 10.0. The Bertz CT molecular complexity index is 1220. The van der Waals surface area contributed by atoms with Gasteiger partial charge in [0.25, 0.3) is 0 Å². The molecule has 170 valence electrons. The molecule has 1 aliphatic rings. The van der Waals surface area contributed by atoms with Crippen molar-refractivity contribution in [3.63, 3.8) is 0 Å². The van der Waals surface area contributed by atoms with Crippen LogP contribution >= 0.6 is 0 Å². The van der Waals surface area contributed by atoms with Crippen LogP contribution < -0.4 is 5.32 Å². The van der Waals surface area contributed by atoms with Crippen molar-refractivity contribution in [1.29, 1.82) is 0 Å². The number of amides is 1. The standard InChI is InChI=1S/C26H26N2O4S/c29-26(27-25-9-5-4-8-23(25)20-22-6-2-1-3-7-22)15-12-21-10-13-24(14-11-21)33(30,31)28-16-18-32-19-17-28/h1-15H,16-20H2,(H,27,29). The highest BCUT2D eigenvalue weighted by Gasteiger charge is 2.25. The van der Waals surface area contributed by atoms with E-state index >= 15 is 0 Å². The number of ether oxygens (including phenoxy) is 1. The zero-order valence-electron chi connectivity index (χ0n) is 18.2. The van der Waals surface area contributed by atoms with Crippen molar-refractivity contribution < 1.29 is 17.9 Å². The van der Waals surface area contributed by atoms with Gasteiger partial charge in [-0.15, -0.1) is 0 Å². The smallest absolute Gasteiger partial charge is 0.248 e. The van der Waals surface area contributed by atoms with E-state index in [1.54, 1.807) is 30.3 Å². The van der Waals surface area contributed by atoms with Gasteiger partial charge in [-0.3, -0.25) is 4.79 Å². The Morgan fingerprint density at radius 1 is 0.909 bits per heavy atom. The molecule has 1 fully saturated rings. The predicted octanol–water partition coefficient (Wildman–Crippen LogP) is 3.95. The van der Waals surface area contributed by atoms with Crippen LogP contribution in [0.1, 0.15) is 16.7 Å². The Balaban J connectivity index is 1.40. The first-order chi connectivity index (χ1) is 16.0. The van der Waals surface area contributed by atoms with E-state index in [0.29, 0.717) is 26.3 Å². The van der Waals surface area contributed by atoms with E-state index in [1.165, 1.54) is 15.9 Å². The van der Waals surface area contributed by atoms with Crippen LogP contribution in [0.25, 0.3) is 6.08 Å². The van der Waals surface area contributed by atoms with Crippen molar-refractivity contribution in [2.75, 3.05) is 31.6 Å². The topological polar surface area (TPSA) is 75.7 Å². The lowest BCUT2D eigenvalue weighted by molar-refractivity contribution is -0.111. The van der Waals surface area contributed by atoms with Gasteiger partial charge in [0.1, 0.15) is 0 Å². The average molecular weight is 463 g/mol. The fourth-order valence-corrected chi connectivity index (χ4v) is 5.05. The summed E-state index contributed by atoms with van der Waals surface area (Å²) in [5.41, 5.74) is 3.71. The van der Waals surface area contributed by atoms with Crippen molar-refractivity contribution in [1.82, 2.24) is 4.31 Å². The van der Waals surface area contributed by atoms with Gasteiger partial charge in [0, 0.05) is 24.9 Å². The van der Waals surface area contributed by atoms with Gasteiger partial charge in [0.05, 0.1) is 18.1 Å². The normalized spacial score (nSPS) is 14.9. The maximum absolute atomic E-state index is 12.7. The van der Waals surface area contributed by atoms with E-state index in [9.17, 15) is 13.2 Å².